The van der Waals surface area contributed by atoms with Gasteiger partial charge >= 0.3 is 0 Å². The highest BCUT2D eigenvalue weighted by atomic mass is 16.5. The third-order valence-electron chi connectivity index (χ3n) is 11.9. The normalized spacial score (nSPS) is 15.5. The molecule has 0 aromatic heterocycles. The SMILES string of the molecule is c1ccc(-c2cccc3c2-c2ccccc2C32c3ccccc3-c3ccc4ccccc4c32)c(-c2ccc3c(c2)-c2cccc4cccc(c24)O3)c1. The van der Waals surface area contributed by atoms with Gasteiger partial charge < -0.3 is 4.74 Å². The van der Waals surface area contributed by atoms with Crippen LogP contribution >= 0.6 is 0 Å². The smallest absolute Gasteiger partial charge is 0.135 e. The molecule has 0 saturated heterocycles. The van der Waals surface area contributed by atoms with Gasteiger partial charge in [0.25, 0.3) is 0 Å². The molecule has 0 N–H and O–H groups in total. The Morgan fingerprint density at radius 2 is 0.981 bits per heavy atom. The van der Waals surface area contributed by atoms with Crippen molar-refractivity contribution in [3.63, 3.8) is 0 Å². The molecule has 2 aliphatic carbocycles. The molecule has 1 unspecified atom stereocenters. The lowest BCUT2D eigenvalue weighted by Crippen LogP contribution is -2.26. The van der Waals surface area contributed by atoms with Crippen molar-refractivity contribution < 1.29 is 4.74 Å². The molecular weight excluding hydrogens is 629 g/mol. The van der Waals surface area contributed by atoms with E-state index in [4.69, 9.17) is 4.74 Å². The van der Waals surface area contributed by atoms with E-state index in [-0.39, 0.29) is 0 Å². The van der Waals surface area contributed by atoms with Gasteiger partial charge in [-0.2, -0.15) is 0 Å². The van der Waals surface area contributed by atoms with E-state index in [1.165, 1.54) is 93.9 Å². The summed E-state index contributed by atoms with van der Waals surface area (Å²) in [5, 5.41) is 4.96. The van der Waals surface area contributed by atoms with Crippen molar-refractivity contribution in [2.24, 2.45) is 0 Å². The molecule has 1 nitrogen and oxygen atoms in total. The maximum Gasteiger partial charge on any atom is 0.135 e. The zero-order chi connectivity index (χ0) is 34.0. The first kappa shape index (κ1) is 28.0. The van der Waals surface area contributed by atoms with Gasteiger partial charge in [-0.3, -0.25) is 0 Å². The van der Waals surface area contributed by atoms with E-state index in [0.717, 1.165) is 17.1 Å². The second kappa shape index (κ2) is 10.2. The zero-order valence-corrected chi connectivity index (χ0v) is 28.2. The third kappa shape index (κ3) is 3.48. The summed E-state index contributed by atoms with van der Waals surface area (Å²) >= 11 is 0. The van der Waals surface area contributed by atoms with E-state index in [9.17, 15) is 0 Å². The van der Waals surface area contributed by atoms with Crippen LogP contribution in [0.2, 0.25) is 0 Å². The lowest BCUT2D eigenvalue weighted by Gasteiger charge is -2.31. The van der Waals surface area contributed by atoms with Crippen LogP contribution in [0.1, 0.15) is 22.3 Å². The van der Waals surface area contributed by atoms with Crippen LogP contribution < -0.4 is 4.74 Å². The minimum atomic E-state index is -0.432. The molecule has 1 heterocycles. The van der Waals surface area contributed by atoms with Crippen LogP contribution in [0, 0.1) is 0 Å². The molecule has 3 aliphatic rings. The standard InChI is InChI=1S/C51H30O/c1-2-16-35-31(12-1)26-28-40-37-18-5-7-22-43(37)51(50(35)40)44-23-8-6-19-41(44)49-38(21-11-24-45(49)51)36-17-4-3-15-34(36)33-27-29-46-42(30-33)39-20-9-13-32-14-10-25-47(52-46)48(32)39/h1-30H. The summed E-state index contributed by atoms with van der Waals surface area (Å²) in [6, 6.07) is 67.3. The van der Waals surface area contributed by atoms with Crippen molar-refractivity contribution in [3.05, 3.63) is 204 Å². The fourth-order valence-electron chi connectivity index (χ4n) is 9.89. The first-order valence-corrected chi connectivity index (χ1v) is 18.1. The van der Waals surface area contributed by atoms with Crippen LogP contribution in [0.15, 0.2) is 182 Å². The number of rotatable bonds is 2. The first-order valence-electron chi connectivity index (χ1n) is 18.1. The van der Waals surface area contributed by atoms with Crippen LogP contribution in [-0.2, 0) is 5.41 Å². The molecule has 9 aromatic rings. The zero-order valence-electron chi connectivity index (χ0n) is 28.2. The van der Waals surface area contributed by atoms with Crippen molar-refractivity contribution in [1.29, 1.82) is 0 Å². The maximum absolute atomic E-state index is 6.50. The summed E-state index contributed by atoms with van der Waals surface area (Å²) < 4.78 is 6.50. The summed E-state index contributed by atoms with van der Waals surface area (Å²) in [4.78, 5) is 0. The molecule has 0 radical (unpaired) electrons. The van der Waals surface area contributed by atoms with Crippen molar-refractivity contribution in [2.45, 2.75) is 5.41 Å². The van der Waals surface area contributed by atoms with E-state index in [0.29, 0.717) is 0 Å². The number of fused-ring (bicyclic) bond motifs is 14. The summed E-state index contributed by atoms with van der Waals surface area (Å²) in [5.74, 6) is 1.82. The van der Waals surface area contributed by atoms with E-state index in [2.05, 4.69) is 182 Å². The van der Waals surface area contributed by atoms with E-state index in [1.54, 1.807) is 0 Å². The van der Waals surface area contributed by atoms with E-state index < -0.39 is 5.41 Å². The molecule has 240 valence electrons. The van der Waals surface area contributed by atoms with Crippen molar-refractivity contribution in [2.75, 3.05) is 0 Å². The maximum atomic E-state index is 6.50. The Morgan fingerprint density at radius 3 is 1.87 bits per heavy atom. The molecule has 0 bridgehead atoms. The summed E-state index contributed by atoms with van der Waals surface area (Å²) in [7, 11) is 0. The minimum Gasteiger partial charge on any atom is -0.456 e. The first-order chi connectivity index (χ1) is 25.8. The highest BCUT2D eigenvalue weighted by Gasteiger charge is 2.52. The van der Waals surface area contributed by atoms with E-state index >= 15 is 0 Å². The van der Waals surface area contributed by atoms with Gasteiger partial charge in [-0.25, -0.2) is 0 Å². The average Bonchev–Trinajstić information content (AvgIpc) is 3.69. The fourth-order valence-corrected chi connectivity index (χ4v) is 9.89. The molecular formula is C51H30O. The van der Waals surface area contributed by atoms with Gasteiger partial charge in [-0.05, 0) is 107 Å². The highest BCUT2D eigenvalue weighted by molar-refractivity contribution is 6.08. The quantitative estimate of drug-likeness (QED) is 0.180. The second-order valence-electron chi connectivity index (χ2n) is 14.3. The lowest BCUT2D eigenvalue weighted by atomic mass is 9.69. The second-order valence-corrected chi connectivity index (χ2v) is 14.3. The molecule has 9 aromatic carbocycles. The Labute approximate surface area is 302 Å². The van der Waals surface area contributed by atoms with Crippen molar-refractivity contribution in [3.8, 4) is 67.1 Å². The number of benzene rings is 9. The number of ether oxygens (including phenoxy) is 1. The number of hydrogen-bond acceptors (Lipinski definition) is 1. The Hall–Kier alpha value is -6.70. The van der Waals surface area contributed by atoms with Gasteiger partial charge in [0.1, 0.15) is 11.5 Å². The van der Waals surface area contributed by atoms with Gasteiger partial charge in [-0.15, -0.1) is 0 Å². The van der Waals surface area contributed by atoms with Crippen LogP contribution in [0.3, 0.4) is 0 Å². The average molecular weight is 659 g/mol. The van der Waals surface area contributed by atoms with Crippen molar-refractivity contribution in [1.82, 2.24) is 0 Å². The van der Waals surface area contributed by atoms with Gasteiger partial charge in [0, 0.05) is 10.9 Å². The Bertz CT molecular complexity index is 3000. The Balaban J connectivity index is 1.13. The van der Waals surface area contributed by atoms with Crippen LogP contribution in [0.4, 0.5) is 0 Å². The number of hydrogen-bond donors (Lipinski definition) is 0. The van der Waals surface area contributed by atoms with Crippen molar-refractivity contribution >= 4 is 21.5 Å². The summed E-state index contributed by atoms with van der Waals surface area (Å²) in [6.45, 7) is 0. The van der Waals surface area contributed by atoms with Gasteiger partial charge in [0.2, 0.25) is 0 Å². The molecule has 0 saturated carbocycles. The van der Waals surface area contributed by atoms with Gasteiger partial charge in [-0.1, -0.05) is 164 Å². The van der Waals surface area contributed by atoms with Gasteiger partial charge in [0.05, 0.1) is 5.41 Å². The Morgan fingerprint density at radius 1 is 0.346 bits per heavy atom. The predicted molar refractivity (Wildman–Crippen MR) is 214 cm³/mol. The van der Waals surface area contributed by atoms with Crippen LogP contribution in [0.5, 0.6) is 11.5 Å². The molecule has 1 heteroatoms. The van der Waals surface area contributed by atoms with Gasteiger partial charge in [0.15, 0.2) is 0 Å². The fraction of sp³-hybridized carbons (Fsp3) is 0.0196. The molecule has 1 spiro atoms. The highest BCUT2D eigenvalue weighted by Crippen LogP contribution is 2.65. The molecule has 1 atom stereocenters. The van der Waals surface area contributed by atoms with E-state index in [1.807, 2.05) is 0 Å². The van der Waals surface area contributed by atoms with Crippen LogP contribution in [-0.4, -0.2) is 0 Å². The predicted octanol–water partition coefficient (Wildman–Crippen LogP) is 13.4. The molecule has 12 rings (SSSR count). The summed E-state index contributed by atoms with van der Waals surface area (Å²) in [6.07, 6.45) is 0. The van der Waals surface area contributed by atoms with Crippen LogP contribution in [0.25, 0.3) is 77.2 Å². The largest absolute Gasteiger partial charge is 0.456 e. The molecule has 0 amide bonds. The third-order valence-corrected chi connectivity index (χ3v) is 11.9. The topological polar surface area (TPSA) is 9.23 Å². The molecule has 52 heavy (non-hydrogen) atoms. The monoisotopic (exact) mass is 658 g/mol. The molecule has 1 aliphatic heterocycles. The molecule has 0 fully saturated rings. The lowest BCUT2D eigenvalue weighted by molar-refractivity contribution is 0.487. The summed E-state index contributed by atoms with van der Waals surface area (Å²) in [5.41, 5.74) is 17.5. The Kier molecular flexibility index (Phi) is 5.49. The minimum absolute atomic E-state index is 0.432.